The van der Waals surface area contributed by atoms with Crippen molar-refractivity contribution in [3.8, 4) is 0 Å². The van der Waals surface area contributed by atoms with Crippen LogP contribution in [0.4, 0.5) is 0 Å². The van der Waals surface area contributed by atoms with Gasteiger partial charge in [0, 0.05) is 11.3 Å². The Bertz CT molecular complexity index is 289. The van der Waals surface area contributed by atoms with E-state index in [1.807, 2.05) is 11.8 Å². The molecule has 84 valence electrons. The highest BCUT2D eigenvalue weighted by Gasteiger charge is 2.33. The summed E-state index contributed by atoms with van der Waals surface area (Å²) < 4.78 is 5.15. The third kappa shape index (κ3) is 2.71. The number of rotatable bonds is 4. The zero-order chi connectivity index (χ0) is 10.7. The van der Waals surface area contributed by atoms with Crippen LogP contribution in [0.1, 0.15) is 26.7 Å². The van der Waals surface area contributed by atoms with Crippen molar-refractivity contribution in [3.05, 3.63) is 6.33 Å². The van der Waals surface area contributed by atoms with Crippen molar-refractivity contribution in [1.82, 2.24) is 14.7 Å². The number of hydrogen-bond acceptors (Lipinski definition) is 5. The fraction of sp³-hybridized carbons (Fsp3) is 0.800. The third-order valence-electron chi connectivity index (χ3n) is 3.04. The minimum atomic E-state index is 0.695. The Kier molecular flexibility index (Phi) is 3.99. The molecule has 0 radical (unpaired) electrons. The lowest BCUT2D eigenvalue weighted by Gasteiger charge is -2.19. The van der Waals surface area contributed by atoms with Crippen LogP contribution in [-0.4, -0.2) is 27.2 Å². The first-order valence-corrected chi connectivity index (χ1v) is 7.13. The van der Waals surface area contributed by atoms with Gasteiger partial charge < -0.3 is 5.32 Å². The summed E-state index contributed by atoms with van der Waals surface area (Å²) in [6, 6.07) is 0.695. The molecule has 1 saturated carbocycles. The molecule has 1 aromatic rings. The van der Waals surface area contributed by atoms with Crippen LogP contribution in [0.15, 0.2) is 10.7 Å². The third-order valence-corrected chi connectivity index (χ3v) is 5.29. The molecule has 3 unspecified atom stereocenters. The Morgan fingerprint density at radius 1 is 1.60 bits per heavy atom. The van der Waals surface area contributed by atoms with Crippen LogP contribution in [0.2, 0.25) is 0 Å². The SMILES string of the molecule is CCNC1CCC(Sc2ncns2)C1C. The quantitative estimate of drug-likeness (QED) is 0.881. The summed E-state index contributed by atoms with van der Waals surface area (Å²) in [5, 5.41) is 4.27. The normalized spacial score (nSPS) is 30.9. The van der Waals surface area contributed by atoms with E-state index in [2.05, 4.69) is 28.5 Å². The lowest BCUT2D eigenvalue weighted by molar-refractivity contribution is 0.441. The molecule has 2 rings (SSSR count). The Morgan fingerprint density at radius 2 is 2.47 bits per heavy atom. The van der Waals surface area contributed by atoms with Crippen molar-refractivity contribution in [2.45, 2.75) is 42.3 Å². The van der Waals surface area contributed by atoms with Gasteiger partial charge in [-0.1, -0.05) is 25.6 Å². The maximum Gasteiger partial charge on any atom is 0.170 e. The smallest absolute Gasteiger partial charge is 0.170 e. The molecule has 1 N–H and O–H groups in total. The largest absolute Gasteiger partial charge is 0.314 e. The highest BCUT2D eigenvalue weighted by Crippen LogP contribution is 2.39. The van der Waals surface area contributed by atoms with Gasteiger partial charge in [0.05, 0.1) is 0 Å². The van der Waals surface area contributed by atoms with E-state index in [1.54, 1.807) is 6.33 Å². The van der Waals surface area contributed by atoms with Gasteiger partial charge in [0.1, 0.15) is 6.33 Å². The van der Waals surface area contributed by atoms with E-state index < -0.39 is 0 Å². The van der Waals surface area contributed by atoms with Crippen LogP contribution in [0.25, 0.3) is 0 Å². The monoisotopic (exact) mass is 243 g/mol. The number of nitrogens with one attached hydrogen (secondary N) is 1. The van der Waals surface area contributed by atoms with Crippen LogP contribution in [-0.2, 0) is 0 Å². The summed E-state index contributed by atoms with van der Waals surface area (Å²) in [4.78, 5) is 4.24. The van der Waals surface area contributed by atoms with Crippen LogP contribution < -0.4 is 5.32 Å². The number of aromatic nitrogens is 2. The predicted molar refractivity (Wildman–Crippen MR) is 65.4 cm³/mol. The van der Waals surface area contributed by atoms with Gasteiger partial charge >= 0.3 is 0 Å². The van der Waals surface area contributed by atoms with Gasteiger partial charge in [0.15, 0.2) is 4.34 Å². The van der Waals surface area contributed by atoms with E-state index in [4.69, 9.17) is 0 Å². The van der Waals surface area contributed by atoms with E-state index >= 15 is 0 Å². The van der Waals surface area contributed by atoms with Crippen molar-refractivity contribution in [2.24, 2.45) is 5.92 Å². The Morgan fingerprint density at radius 3 is 3.13 bits per heavy atom. The van der Waals surface area contributed by atoms with E-state index in [0.29, 0.717) is 11.3 Å². The molecule has 0 bridgehead atoms. The molecule has 1 fully saturated rings. The molecule has 0 saturated heterocycles. The summed E-state index contributed by atoms with van der Waals surface area (Å²) in [6.45, 7) is 5.60. The van der Waals surface area contributed by atoms with E-state index in [1.165, 1.54) is 24.4 Å². The zero-order valence-corrected chi connectivity index (χ0v) is 10.8. The second kappa shape index (κ2) is 5.27. The van der Waals surface area contributed by atoms with Crippen LogP contribution >= 0.6 is 23.3 Å². The van der Waals surface area contributed by atoms with E-state index in [9.17, 15) is 0 Å². The van der Waals surface area contributed by atoms with Crippen molar-refractivity contribution in [1.29, 1.82) is 0 Å². The Balaban J connectivity index is 1.89. The van der Waals surface area contributed by atoms with Gasteiger partial charge in [0.25, 0.3) is 0 Å². The molecule has 1 aliphatic rings. The molecule has 1 aromatic heterocycles. The average molecular weight is 243 g/mol. The molecular formula is C10H17N3S2. The van der Waals surface area contributed by atoms with Crippen LogP contribution in [0, 0.1) is 5.92 Å². The van der Waals surface area contributed by atoms with Crippen LogP contribution in [0.3, 0.4) is 0 Å². The Hall–Kier alpha value is -0.130. The fourth-order valence-corrected chi connectivity index (χ4v) is 4.17. The molecule has 0 aliphatic heterocycles. The summed E-state index contributed by atoms with van der Waals surface area (Å²) >= 11 is 3.41. The molecular weight excluding hydrogens is 226 g/mol. The first kappa shape index (κ1) is 11.4. The topological polar surface area (TPSA) is 37.8 Å². The zero-order valence-electron chi connectivity index (χ0n) is 9.14. The molecule has 3 nitrogen and oxygen atoms in total. The van der Waals surface area contributed by atoms with Crippen LogP contribution in [0.5, 0.6) is 0 Å². The minimum absolute atomic E-state index is 0.695. The van der Waals surface area contributed by atoms with Crippen molar-refractivity contribution in [2.75, 3.05) is 6.54 Å². The first-order valence-electron chi connectivity index (χ1n) is 5.48. The minimum Gasteiger partial charge on any atom is -0.314 e. The maximum atomic E-state index is 4.24. The summed E-state index contributed by atoms with van der Waals surface area (Å²) in [5.74, 6) is 0.735. The second-order valence-electron chi connectivity index (χ2n) is 3.96. The molecule has 3 atom stereocenters. The van der Waals surface area contributed by atoms with Gasteiger partial charge in [-0.05, 0) is 36.8 Å². The van der Waals surface area contributed by atoms with E-state index in [-0.39, 0.29) is 0 Å². The number of hydrogen-bond donors (Lipinski definition) is 1. The number of thioether (sulfide) groups is 1. The lowest BCUT2D eigenvalue weighted by atomic mass is 10.1. The second-order valence-corrected chi connectivity index (χ2v) is 6.23. The number of nitrogens with zero attached hydrogens (tertiary/aromatic N) is 2. The molecule has 1 aliphatic carbocycles. The van der Waals surface area contributed by atoms with E-state index in [0.717, 1.165) is 16.8 Å². The van der Waals surface area contributed by atoms with Gasteiger partial charge in [-0.3, -0.25) is 0 Å². The fourth-order valence-electron chi connectivity index (χ4n) is 2.19. The molecule has 1 heterocycles. The Labute approximate surface area is 99.2 Å². The molecule has 15 heavy (non-hydrogen) atoms. The summed E-state index contributed by atoms with van der Waals surface area (Å²) in [6.07, 6.45) is 4.24. The summed E-state index contributed by atoms with van der Waals surface area (Å²) in [5.41, 5.74) is 0. The van der Waals surface area contributed by atoms with Gasteiger partial charge in [0.2, 0.25) is 0 Å². The van der Waals surface area contributed by atoms with Gasteiger partial charge in [-0.15, -0.1) is 0 Å². The van der Waals surface area contributed by atoms with Crippen molar-refractivity contribution in [3.63, 3.8) is 0 Å². The highest BCUT2D eigenvalue weighted by atomic mass is 32.2. The van der Waals surface area contributed by atoms with Gasteiger partial charge in [-0.25, -0.2) is 4.98 Å². The predicted octanol–water partition coefficient (Wildman–Crippen LogP) is 2.41. The highest BCUT2D eigenvalue weighted by molar-refractivity contribution is 8.01. The molecule has 0 spiro atoms. The maximum absolute atomic E-state index is 4.24. The van der Waals surface area contributed by atoms with Gasteiger partial charge in [-0.2, -0.15) is 4.37 Å². The molecule has 0 aromatic carbocycles. The standard InChI is InChI=1S/C10H17N3S2/c1-3-11-8-4-5-9(7(8)2)14-10-12-6-13-15-10/h6-9,11H,3-5H2,1-2H3. The average Bonchev–Trinajstić information content (AvgIpc) is 2.83. The molecule has 0 amide bonds. The molecule has 5 heteroatoms. The summed E-state index contributed by atoms with van der Waals surface area (Å²) in [7, 11) is 0. The first-order chi connectivity index (χ1) is 7.31. The van der Waals surface area contributed by atoms with Crippen molar-refractivity contribution < 1.29 is 0 Å². The van der Waals surface area contributed by atoms with Crippen molar-refractivity contribution >= 4 is 23.3 Å². The lowest BCUT2D eigenvalue weighted by Crippen LogP contribution is -2.32.